The summed E-state index contributed by atoms with van der Waals surface area (Å²) in [7, 11) is 1.93. The summed E-state index contributed by atoms with van der Waals surface area (Å²) in [6.07, 6.45) is 2.06. The lowest BCUT2D eigenvalue weighted by Crippen LogP contribution is -2.47. The smallest absolute Gasteiger partial charge is 0.256 e. The van der Waals surface area contributed by atoms with Crippen molar-refractivity contribution in [1.29, 1.82) is 0 Å². The maximum absolute atomic E-state index is 13.0. The second-order valence-corrected chi connectivity index (χ2v) is 6.75. The number of benzene rings is 2. The van der Waals surface area contributed by atoms with E-state index in [-0.39, 0.29) is 11.8 Å². The molecule has 1 atom stereocenters. The summed E-state index contributed by atoms with van der Waals surface area (Å²) in [5, 5.41) is 6.15. The lowest BCUT2D eigenvalue weighted by atomic mass is 10.0. The van der Waals surface area contributed by atoms with Gasteiger partial charge in [0.05, 0.1) is 11.3 Å². The van der Waals surface area contributed by atoms with E-state index in [2.05, 4.69) is 10.6 Å². The number of piperidine rings is 1. The molecule has 1 saturated heterocycles. The number of amides is 2. The number of likely N-dealkylation sites (N-methyl/N-ethyl adjacent to an activating group) is 1. The number of likely N-dealkylation sites (tertiary alicyclic amines) is 1. The Morgan fingerprint density at radius 1 is 1.12 bits per heavy atom. The van der Waals surface area contributed by atoms with E-state index in [1.54, 1.807) is 18.2 Å². The summed E-state index contributed by atoms with van der Waals surface area (Å²) >= 11 is 0. The number of hydrogen-bond acceptors (Lipinski definition) is 3. The summed E-state index contributed by atoms with van der Waals surface area (Å²) in [5.41, 5.74) is 2.69. The lowest BCUT2D eigenvalue weighted by molar-refractivity contribution is 0.0699. The maximum Gasteiger partial charge on any atom is 0.256 e. The number of hydrogen-bond donors (Lipinski definition) is 2. The number of aryl methyl sites for hydroxylation is 1. The highest BCUT2D eigenvalue weighted by Gasteiger charge is 2.25. The van der Waals surface area contributed by atoms with E-state index in [1.807, 2.05) is 49.2 Å². The summed E-state index contributed by atoms with van der Waals surface area (Å²) < 4.78 is 0. The molecule has 5 nitrogen and oxygen atoms in total. The van der Waals surface area contributed by atoms with Crippen LogP contribution in [0.1, 0.15) is 39.1 Å². The fourth-order valence-corrected chi connectivity index (χ4v) is 3.33. The first-order valence-electron chi connectivity index (χ1n) is 9.02. The standard InChI is InChI=1S/C21H25N3O2/c1-15-7-5-8-16(13-15)20(25)23-19-11-4-3-10-18(19)21(26)24-12-6-9-17(14-24)22-2/h3-5,7-8,10-11,13,17,22H,6,9,12,14H2,1-2H3,(H,23,25). The molecule has 1 aliphatic rings. The van der Waals surface area contributed by atoms with Gasteiger partial charge >= 0.3 is 0 Å². The number of carbonyl (C=O) groups is 2. The van der Waals surface area contributed by atoms with E-state index in [4.69, 9.17) is 0 Å². The number of nitrogens with one attached hydrogen (secondary N) is 2. The molecular formula is C21H25N3O2. The van der Waals surface area contributed by atoms with E-state index in [9.17, 15) is 9.59 Å². The topological polar surface area (TPSA) is 61.4 Å². The van der Waals surface area contributed by atoms with Crippen molar-refractivity contribution in [3.05, 3.63) is 65.2 Å². The zero-order valence-electron chi connectivity index (χ0n) is 15.3. The summed E-state index contributed by atoms with van der Waals surface area (Å²) in [5.74, 6) is -0.245. The molecule has 3 rings (SSSR count). The maximum atomic E-state index is 13.0. The molecule has 2 aromatic rings. The van der Waals surface area contributed by atoms with Crippen LogP contribution in [0.5, 0.6) is 0 Å². The van der Waals surface area contributed by atoms with Crippen molar-refractivity contribution < 1.29 is 9.59 Å². The van der Waals surface area contributed by atoms with Crippen molar-refractivity contribution in [2.24, 2.45) is 0 Å². The minimum absolute atomic E-state index is 0.0370. The molecule has 0 saturated carbocycles. The van der Waals surface area contributed by atoms with Crippen LogP contribution >= 0.6 is 0 Å². The first-order valence-corrected chi connectivity index (χ1v) is 9.02. The zero-order chi connectivity index (χ0) is 18.5. The largest absolute Gasteiger partial charge is 0.337 e. The van der Waals surface area contributed by atoms with E-state index in [0.717, 1.165) is 24.9 Å². The molecule has 136 valence electrons. The Kier molecular flexibility index (Phi) is 5.68. The Balaban J connectivity index is 1.79. The molecule has 0 spiro atoms. The van der Waals surface area contributed by atoms with E-state index in [0.29, 0.717) is 29.4 Å². The van der Waals surface area contributed by atoms with Crippen molar-refractivity contribution in [3.63, 3.8) is 0 Å². The Hall–Kier alpha value is -2.66. The van der Waals surface area contributed by atoms with Crippen LogP contribution in [0.2, 0.25) is 0 Å². The van der Waals surface area contributed by atoms with Gasteiger partial charge in [0.25, 0.3) is 11.8 Å². The van der Waals surface area contributed by atoms with Crippen molar-refractivity contribution in [3.8, 4) is 0 Å². The number of para-hydroxylation sites is 1. The predicted molar refractivity (Wildman–Crippen MR) is 104 cm³/mol. The minimum Gasteiger partial charge on any atom is -0.337 e. The molecule has 0 aromatic heterocycles. The number of carbonyl (C=O) groups excluding carboxylic acids is 2. The van der Waals surface area contributed by atoms with Gasteiger partial charge in [-0.15, -0.1) is 0 Å². The van der Waals surface area contributed by atoms with Gasteiger partial charge < -0.3 is 15.5 Å². The molecule has 1 heterocycles. The van der Waals surface area contributed by atoms with Crippen LogP contribution in [0.4, 0.5) is 5.69 Å². The van der Waals surface area contributed by atoms with Crippen LogP contribution in [0.3, 0.4) is 0 Å². The molecule has 0 bridgehead atoms. The molecule has 1 aliphatic heterocycles. The first kappa shape index (κ1) is 18.1. The minimum atomic E-state index is -0.208. The Morgan fingerprint density at radius 2 is 1.92 bits per heavy atom. The highest BCUT2D eigenvalue weighted by Crippen LogP contribution is 2.21. The van der Waals surface area contributed by atoms with Gasteiger partial charge in [-0.2, -0.15) is 0 Å². The van der Waals surface area contributed by atoms with Gasteiger partial charge in [0.15, 0.2) is 0 Å². The number of anilines is 1. The summed E-state index contributed by atoms with van der Waals surface area (Å²) in [6.45, 7) is 3.38. The number of rotatable bonds is 4. The van der Waals surface area contributed by atoms with Gasteiger partial charge in [0.2, 0.25) is 0 Å². The van der Waals surface area contributed by atoms with Crippen molar-refractivity contribution in [2.45, 2.75) is 25.8 Å². The molecule has 2 N–H and O–H groups in total. The fraction of sp³-hybridized carbons (Fsp3) is 0.333. The summed E-state index contributed by atoms with van der Waals surface area (Å²) in [4.78, 5) is 27.4. The van der Waals surface area contributed by atoms with Gasteiger partial charge in [-0.3, -0.25) is 9.59 Å². The highest BCUT2D eigenvalue weighted by atomic mass is 16.2. The second kappa shape index (κ2) is 8.15. The normalized spacial score (nSPS) is 17.0. The first-order chi connectivity index (χ1) is 12.6. The van der Waals surface area contributed by atoms with Crippen molar-refractivity contribution in [1.82, 2.24) is 10.2 Å². The molecule has 1 fully saturated rings. The highest BCUT2D eigenvalue weighted by molar-refractivity contribution is 6.09. The average Bonchev–Trinajstić information content (AvgIpc) is 2.68. The van der Waals surface area contributed by atoms with Gasteiger partial charge in [0.1, 0.15) is 0 Å². The Morgan fingerprint density at radius 3 is 2.69 bits per heavy atom. The molecule has 1 unspecified atom stereocenters. The lowest BCUT2D eigenvalue weighted by Gasteiger charge is -2.33. The average molecular weight is 351 g/mol. The van der Waals surface area contributed by atoms with Crippen molar-refractivity contribution in [2.75, 3.05) is 25.5 Å². The predicted octanol–water partition coefficient (Wildman–Crippen LogP) is 3.07. The molecule has 0 radical (unpaired) electrons. The molecule has 0 aliphatic carbocycles. The van der Waals surface area contributed by atoms with E-state index < -0.39 is 0 Å². The van der Waals surface area contributed by atoms with Gasteiger partial charge in [-0.25, -0.2) is 0 Å². The van der Waals surface area contributed by atoms with Gasteiger partial charge in [0, 0.05) is 24.7 Å². The monoisotopic (exact) mass is 351 g/mol. The quantitative estimate of drug-likeness (QED) is 0.890. The van der Waals surface area contributed by atoms with Crippen LogP contribution < -0.4 is 10.6 Å². The van der Waals surface area contributed by atoms with Crippen LogP contribution in [0.15, 0.2) is 48.5 Å². The molecule has 2 aromatic carbocycles. The fourth-order valence-electron chi connectivity index (χ4n) is 3.33. The van der Waals surface area contributed by atoms with Crippen LogP contribution in [-0.2, 0) is 0 Å². The molecule has 5 heteroatoms. The Labute approximate surface area is 154 Å². The third kappa shape index (κ3) is 4.11. The van der Waals surface area contributed by atoms with Crippen LogP contribution in [-0.4, -0.2) is 42.9 Å². The Bertz CT molecular complexity index is 803. The third-order valence-corrected chi connectivity index (χ3v) is 4.80. The third-order valence-electron chi connectivity index (χ3n) is 4.80. The second-order valence-electron chi connectivity index (χ2n) is 6.75. The molecule has 2 amide bonds. The zero-order valence-corrected chi connectivity index (χ0v) is 15.3. The van der Waals surface area contributed by atoms with E-state index >= 15 is 0 Å². The summed E-state index contributed by atoms with van der Waals surface area (Å²) in [6, 6.07) is 14.9. The SMILES string of the molecule is CNC1CCCN(C(=O)c2ccccc2NC(=O)c2cccc(C)c2)C1. The molecular weight excluding hydrogens is 326 g/mol. The number of nitrogens with zero attached hydrogens (tertiary/aromatic N) is 1. The van der Waals surface area contributed by atoms with Gasteiger partial charge in [-0.05, 0) is 51.1 Å². The van der Waals surface area contributed by atoms with Crippen LogP contribution in [0, 0.1) is 6.92 Å². The van der Waals surface area contributed by atoms with Crippen LogP contribution in [0.25, 0.3) is 0 Å². The molecule has 26 heavy (non-hydrogen) atoms. The van der Waals surface area contributed by atoms with E-state index in [1.165, 1.54) is 0 Å². The van der Waals surface area contributed by atoms with Crippen molar-refractivity contribution >= 4 is 17.5 Å². The van der Waals surface area contributed by atoms with Gasteiger partial charge in [-0.1, -0.05) is 29.8 Å².